The van der Waals surface area contributed by atoms with Crippen molar-refractivity contribution in [3.8, 4) is 0 Å². The third kappa shape index (κ3) is 3.12. The van der Waals surface area contributed by atoms with E-state index in [0.717, 1.165) is 16.8 Å². The monoisotopic (exact) mass is 315 g/mol. The molecule has 0 unspecified atom stereocenters. The van der Waals surface area contributed by atoms with Gasteiger partial charge in [0.05, 0.1) is 17.1 Å². The molecule has 1 N–H and O–H groups in total. The van der Waals surface area contributed by atoms with Crippen molar-refractivity contribution in [3.63, 3.8) is 0 Å². The topological polar surface area (TPSA) is 63.5 Å². The van der Waals surface area contributed by atoms with Crippen LogP contribution in [0.2, 0.25) is 0 Å². The fraction of sp³-hybridized carbons (Fsp3) is 0.188. The fourth-order valence-corrected chi connectivity index (χ4v) is 3.63. The average Bonchev–Trinajstić information content (AvgIpc) is 2.79. The number of imidazole rings is 1. The molecule has 0 saturated heterocycles. The molecular formula is C16H17N3O2S. The van der Waals surface area contributed by atoms with Gasteiger partial charge in [-0.2, -0.15) is 0 Å². The molecule has 0 atom stereocenters. The standard InChI is InChI=1S/C16H17N3O2S/c1-12-5-3-6-14(9-12)11-22(20,21)18-15-7-4-8-19-10-13(2)17-16(15)19/h3-10,18H,11H2,1-2H3. The summed E-state index contributed by atoms with van der Waals surface area (Å²) in [7, 11) is -3.49. The van der Waals surface area contributed by atoms with Crippen molar-refractivity contribution in [3.05, 3.63) is 65.6 Å². The smallest absolute Gasteiger partial charge is 0.237 e. The van der Waals surface area contributed by atoms with Crippen LogP contribution in [0.3, 0.4) is 0 Å². The second kappa shape index (κ2) is 5.46. The largest absolute Gasteiger partial charge is 0.305 e. The van der Waals surface area contributed by atoms with Crippen LogP contribution in [0.4, 0.5) is 5.69 Å². The third-order valence-electron chi connectivity index (χ3n) is 3.31. The van der Waals surface area contributed by atoms with Crippen LogP contribution < -0.4 is 4.72 Å². The highest BCUT2D eigenvalue weighted by Crippen LogP contribution is 2.19. The molecule has 2 heterocycles. The molecule has 3 rings (SSSR count). The third-order valence-corrected chi connectivity index (χ3v) is 4.55. The Labute approximate surface area is 129 Å². The molecule has 0 aliphatic heterocycles. The van der Waals surface area contributed by atoms with Gasteiger partial charge in [0.15, 0.2) is 5.65 Å². The lowest BCUT2D eigenvalue weighted by molar-refractivity contribution is 0.600. The fourth-order valence-electron chi connectivity index (χ4n) is 2.44. The Balaban J connectivity index is 1.90. The highest BCUT2D eigenvalue weighted by atomic mass is 32.2. The summed E-state index contributed by atoms with van der Waals surface area (Å²) in [4.78, 5) is 4.35. The van der Waals surface area contributed by atoms with E-state index in [-0.39, 0.29) is 5.75 Å². The van der Waals surface area contributed by atoms with Crippen molar-refractivity contribution in [2.75, 3.05) is 4.72 Å². The first-order chi connectivity index (χ1) is 10.4. The Hall–Kier alpha value is -2.34. The van der Waals surface area contributed by atoms with E-state index in [1.165, 1.54) is 0 Å². The highest BCUT2D eigenvalue weighted by Gasteiger charge is 2.14. The van der Waals surface area contributed by atoms with Crippen LogP contribution in [0.5, 0.6) is 0 Å². The zero-order valence-electron chi connectivity index (χ0n) is 12.4. The molecule has 0 aliphatic carbocycles. The van der Waals surface area contributed by atoms with Crippen LogP contribution in [0.15, 0.2) is 48.8 Å². The molecule has 114 valence electrons. The van der Waals surface area contributed by atoms with Crippen LogP contribution in [0, 0.1) is 13.8 Å². The van der Waals surface area contributed by atoms with Gasteiger partial charge in [-0.05, 0) is 31.5 Å². The molecule has 6 heteroatoms. The average molecular weight is 315 g/mol. The van der Waals surface area contributed by atoms with Crippen LogP contribution >= 0.6 is 0 Å². The van der Waals surface area contributed by atoms with Gasteiger partial charge in [0, 0.05) is 12.4 Å². The van der Waals surface area contributed by atoms with E-state index >= 15 is 0 Å². The van der Waals surface area contributed by atoms with E-state index in [1.54, 1.807) is 16.5 Å². The Morgan fingerprint density at radius 3 is 2.77 bits per heavy atom. The number of nitrogens with one attached hydrogen (secondary N) is 1. The maximum Gasteiger partial charge on any atom is 0.237 e. The second-order valence-corrected chi connectivity index (χ2v) is 7.11. The SMILES string of the molecule is Cc1cccc(CS(=O)(=O)Nc2cccn3cc(C)nc23)c1. The number of hydrogen-bond acceptors (Lipinski definition) is 3. The van der Waals surface area contributed by atoms with Crippen LogP contribution in [-0.4, -0.2) is 17.8 Å². The molecule has 0 radical (unpaired) electrons. The number of fused-ring (bicyclic) bond motifs is 1. The van der Waals surface area contributed by atoms with Crippen molar-refractivity contribution in [1.82, 2.24) is 9.38 Å². The lowest BCUT2D eigenvalue weighted by atomic mass is 10.2. The predicted molar refractivity (Wildman–Crippen MR) is 87.4 cm³/mol. The number of aryl methyl sites for hydroxylation is 2. The van der Waals surface area contributed by atoms with Gasteiger partial charge in [0.25, 0.3) is 0 Å². The van der Waals surface area contributed by atoms with E-state index < -0.39 is 10.0 Å². The summed E-state index contributed by atoms with van der Waals surface area (Å²) in [6, 6.07) is 11.0. The molecule has 0 bridgehead atoms. The zero-order valence-corrected chi connectivity index (χ0v) is 13.3. The van der Waals surface area contributed by atoms with Crippen LogP contribution in [0.1, 0.15) is 16.8 Å². The van der Waals surface area contributed by atoms with Crippen molar-refractivity contribution >= 4 is 21.4 Å². The maximum absolute atomic E-state index is 12.4. The first kappa shape index (κ1) is 14.6. The molecule has 0 amide bonds. The summed E-state index contributed by atoms with van der Waals surface area (Å²) in [5.74, 6) is -0.0601. The van der Waals surface area contributed by atoms with Crippen molar-refractivity contribution in [2.45, 2.75) is 19.6 Å². The second-order valence-electron chi connectivity index (χ2n) is 5.39. The van der Waals surface area contributed by atoms with Gasteiger partial charge < -0.3 is 4.40 Å². The summed E-state index contributed by atoms with van der Waals surface area (Å²) in [5.41, 5.74) is 3.74. The van der Waals surface area contributed by atoms with Gasteiger partial charge in [0.2, 0.25) is 10.0 Å². The minimum Gasteiger partial charge on any atom is -0.305 e. The Kier molecular flexibility index (Phi) is 3.62. The lowest BCUT2D eigenvalue weighted by Crippen LogP contribution is -2.15. The number of benzene rings is 1. The number of nitrogens with zero attached hydrogens (tertiary/aromatic N) is 2. The van der Waals surface area contributed by atoms with Crippen molar-refractivity contribution in [1.29, 1.82) is 0 Å². The summed E-state index contributed by atoms with van der Waals surface area (Å²) in [6.07, 6.45) is 3.70. The Morgan fingerprint density at radius 2 is 2.00 bits per heavy atom. The minimum absolute atomic E-state index is 0.0601. The molecule has 22 heavy (non-hydrogen) atoms. The summed E-state index contributed by atoms with van der Waals surface area (Å²) in [6.45, 7) is 3.82. The van der Waals surface area contributed by atoms with Gasteiger partial charge in [-0.15, -0.1) is 0 Å². The number of anilines is 1. The van der Waals surface area contributed by atoms with Crippen LogP contribution in [0.25, 0.3) is 5.65 Å². The van der Waals surface area contributed by atoms with Crippen molar-refractivity contribution in [2.24, 2.45) is 0 Å². The highest BCUT2D eigenvalue weighted by molar-refractivity contribution is 7.91. The maximum atomic E-state index is 12.4. The van der Waals surface area contributed by atoms with Crippen LogP contribution in [-0.2, 0) is 15.8 Å². The molecule has 0 saturated carbocycles. The van der Waals surface area contributed by atoms with Gasteiger partial charge in [0.1, 0.15) is 0 Å². The molecular weight excluding hydrogens is 298 g/mol. The number of sulfonamides is 1. The van der Waals surface area contributed by atoms with Gasteiger partial charge in [-0.25, -0.2) is 13.4 Å². The zero-order chi connectivity index (χ0) is 15.7. The molecule has 3 aromatic rings. The van der Waals surface area contributed by atoms with E-state index in [4.69, 9.17) is 0 Å². The first-order valence-corrected chi connectivity index (χ1v) is 8.58. The van der Waals surface area contributed by atoms with E-state index in [0.29, 0.717) is 11.3 Å². The lowest BCUT2D eigenvalue weighted by Gasteiger charge is -2.09. The van der Waals surface area contributed by atoms with E-state index in [2.05, 4.69) is 9.71 Å². The summed E-state index contributed by atoms with van der Waals surface area (Å²) in [5, 5.41) is 0. The summed E-state index contributed by atoms with van der Waals surface area (Å²) < 4.78 is 29.2. The first-order valence-electron chi connectivity index (χ1n) is 6.93. The van der Waals surface area contributed by atoms with E-state index in [9.17, 15) is 8.42 Å². The molecule has 0 fully saturated rings. The quantitative estimate of drug-likeness (QED) is 0.805. The normalized spacial score (nSPS) is 11.7. The van der Waals surface area contributed by atoms with E-state index in [1.807, 2.05) is 50.5 Å². The number of rotatable bonds is 4. The minimum atomic E-state index is -3.49. The van der Waals surface area contributed by atoms with Gasteiger partial charge >= 0.3 is 0 Å². The van der Waals surface area contributed by atoms with Crippen molar-refractivity contribution < 1.29 is 8.42 Å². The molecule has 0 spiro atoms. The number of aromatic nitrogens is 2. The Morgan fingerprint density at radius 1 is 1.18 bits per heavy atom. The summed E-state index contributed by atoms with van der Waals surface area (Å²) >= 11 is 0. The molecule has 5 nitrogen and oxygen atoms in total. The number of hydrogen-bond donors (Lipinski definition) is 1. The Bertz CT molecular complexity index is 929. The predicted octanol–water partition coefficient (Wildman–Crippen LogP) is 2.89. The van der Waals surface area contributed by atoms with Gasteiger partial charge in [-0.1, -0.05) is 29.8 Å². The number of pyridine rings is 1. The molecule has 2 aromatic heterocycles. The molecule has 0 aliphatic rings. The van der Waals surface area contributed by atoms with Gasteiger partial charge in [-0.3, -0.25) is 4.72 Å². The molecule has 1 aromatic carbocycles.